The van der Waals surface area contributed by atoms with E-state index in [1.54, 1.807) is 244 Å². The van der Waals surface area contributed by atoms with Gasteiger partial charge < -0.3 is 0 Å². The molecule has 0 amide bonds. The van der Waals surface area contributed by atoms with E-state index in [4.69, 9.17) is 186 Å². The van der Waals surface area contributed by atoms with Crippen molar-refractivity contribution in [3.63, 3.8) is 0 Å². The zero-order valence-electron chi connectivity index (χ0n) is 53.5. The first-order chi connectivity index (χ1) is 49.9. The first-order valence-electron chi connectivity index (χ1n) is 29.3. The molecule has 564 valence electrons. The van der Waals surface area contributed by atoms with E-state index >= 15 is 0 Å². The van der Waals surface area contributed by atoms with Crippen molar-refractivity contribution in [2.24, 2.45) is 39.9 Å². The van der Waals surface area contributed by atoms with Gasteiger partial charge in [0, 0.05) is 149 Å². The number of halogens is 16. The van der Waals surface area contributed by atoms with Gasteiger partial charge in [-0.15, -0.1) is 40.8 Å². The second kappa shape index (κ2) is 47.5. The minimum atomic E-state index is 0. The molecule has 0 saturated carbocycles. The number of benzene rings is 8. The summed E-state index contributed by atoms with van der Waals surface area (Å²) in [5.74, 6) is 0. The Morgan fingerprint density at radius 1 is 0.148 bits per heavy atom. The van der Waals surface area contributed by atoms with Gasteiger partial charge in [-0.05, 0) is 194 Å². The average Bonchev–Trinajstić information content (AvgIpc) is 0.887. The first-order valence-corrected chi connectivity index (χ1v) is 35.3. The molecule has 12 aromatic rings. The topological polar surface area (TPSA) is 202 Å². The predicted molar refractivity (Wildman–Crippen MR) is 438 cm³/mol. The van der Waals surface area contributed by atoms with Gasteiger partial charge in [-0.2, -0.15) is 0 Å². The molecule has 0 aliphatic heterocycles. The van der Waals surface area contributed by atoms with Crippen molar-refractivity contribution >= 4 is 281 Å². The quantitative estimate of drug-likeness (QED) is 0.0671. The Labute approximate surface area is 741 Å². The summed E-state index contributed by atoms with van der Waals surface area (Å²) in [6.45, 7) is 0. The molecule has 16 nitrogen and oxygen atoms in total. The van der Waals surface area contributed by atoms with Gasteiger partial charge in [0.05, 0.1) is 95.2 Å². The van der Waals surface area contributed by atoms with Crippen molar-refractivity contribution in [1.82, 2.24) is 40.8 Å². The number of rotatable bonds is 16. The summed E-state index contributed by atoms with van der Waals surface area (Å²) in [5, 5.41) is 40.9. The normalized spacial score (nSPS) is 11.1. The smallest absolute Gasteiger partial charge is 0.104 e. The third-order valence-electron chi connectivity index (χ3n) is 12.4. The van der Waals surface area contributed by atoms with Crippen LogP contribution in [0.1, 0.15) is 45.6 Å². The molecule has 0 saturated heterocycles. The molecule has 108 heavy (non-hydrogen) atoms. The Balaban J connectivity index is 0.000000255. The van der Waals surface area contributed by atoms with Crippen molar-refractivity contribution in [2.75, 3.05) is 0 Å². The van der Waals surface area contributed by atoms with E-state index in [0.717, 1.165) is 0 Å². The zero-order valence-corrected chi connectivity index (χ0v) is 69.4. The maximum Gasteiger partial charge on any atom is 0.104 e. The van der Waals surface area contributed by atoms with Gasteiger partial charge in [0.15, 0.2) is 0 Å². The SMILES string of the molecule is Clc1cc(Cl)cc(N=Cc2ccc(C=Nc3cc(Cl)cc(Cl)c3)nn2)c1.Clc1cc(Cl)cc(N=Cc2ccc(C=Nc3cc(Cl)cc(Cl)c3)nn2)c1.Clc1cc(Cl)cc(N=Cc2ccc(C=Nc3cc(Cl)cc(Cl)c3)nn2)c1.Clc1cc(Cl)cc(N=Cc2ccc(C=Nc3cc(Cl)cc(Cl)c3)nn2)c1.[Cu].[Cu].[Cu].[Cu]. The van der Waals surface area contributed by atoms with Gasteiger partial charge in [-0.3, -0.25) is 39.9 Å². The molecule has 0 unspecified atom stereocenters. The summed E-state index contributed by atoms with van der Waals surface area (Å²) < 4.78 is 0. The molecule has 12 rings (SSSR count). The van der Waals surface area contributed by atoms with Crippen LogP contribution in [0.3, 0.4) is 0 Å². The van der Waals surface area contributed by atoms with Crippen LogP contribution >= 0.6 is 186 Å². The summed E-state index contributed by atoms with van der Waals surface area (Å²) in [5.41, 5.74) is 9.75. The Kier molecular flexibility index (Phi) is 40.8. The Bertz CT molecular complexity index is 4130. The van der Waals surface area contributed by atoms with Crippen LogP contribution in [0.2, 0.25) is 80.4 Å². The van der Waals surface area contributed by atoms with Crippen molar-refractivity contribution < 1.29 is 68.3 Å². The summed E-state index contributed by atoms with van der Waals surface area (Å²) in [4.78, 5) is 34.3. The maximum atomic E-state index is 5.94. The van der Waals surface area contributed by atoms with E-state index in [2.05, 4.69) is 80.7 Å². The summed E-state index contributed by atoms with van der Waals surface area (Å²) in [7, 11) is 0. The standard InChI is InChI=1S/4C18H10Cl4N4.4Cu/c4*19-11-3-12(20)6-17(5-11)23-9-15-1-2-16(26-25-15)10-24-18-7-13(21)4-14(22)8-18;;;;/h4*1-10H;;;;. The molecule has 8 aromatic carbocycles. The first kappa shape index (κ1) is 92.8. The second-order valence-corrected chi connectivity index (χ2v) is 27.6. The average molecular weight is 1950 g/mol. The van der Waals surface area contributed by atoms with Crippen LogP contribution < -0.4 is 0 Å². The van der Waals surface area contributed by atoms with E-state index in [1.165, 1.54) is 0 Å². The van der Waals surface area contributed by atoms with Crippen LogP contribution in [-0.2, 0) is 68.3 Å². The maximum absolute atomic E-state index is 5.94. The monoisotopic (exact) mass is 1940 g/mol. The number of hydrogen-bond donors (Lipinski definition) is 0. The number of nitrogens with zero attached hydrogens (tertiary/aromatic N) is 16. The van der Waals surface area contributed by atoms with E-state index in [9.17, 15) is 0 Å². The van der Waals surface area contributed by atoms with Crippen LogP contribution in [0, 0.1) is 0 Å². The molecular weight excluding hydrogens is 1910 g/mol. The molecule has 36 heteroatoms. The molecule has 4 aromatic heterocycles. The second-order valence-electron chi connectivity index (χ2n) is 20.6. The van der Waals surface area contributed by atoms with Gasteiger partial charge in [-0.1, -0.05) is 186 Å². The Hall–Kier alpha value is -5.84. The van der Waals surface area contributed by atoms with Crippen LogP contribution in [0.25, 0.3) is 0 Å². The van der Waals surface area contributed by atoms with Gasteiger partial charge in [0.25, 0.3) is 0 Å². The van der Waals surface area contributed by atoms with Gasteiger partial charge in [0.2, 0.25) is 0 Å². The summed E-state index contributed by atoms with van der Waals surface area (Å²) in [6.07, 6.45) is 12.6. The molecule has 0 aliphatic carbocycles. The Morgan fingerprint density at radius 3 is 0.306 bits per heavy atom. The van der Waals surface area contributed by atoms with Gasteiger partial charge in [0.1, 0.15) is 45.6 Å². The molecule has 0 spiro atoms. The van der Waals surface area contributed by atoms with Crippen LogP contribution in [0.5, 0.6) is 0 Å². The number of hydrogen-bond acceptors (Lipinski definition) is 16. The molecule has 4 radical (unpaired) electrons. The fourth-order valence-corrected chi connectivity index (χ4v) is 12.1. The molecule has 0 aliphatic rings. The zero-order chi connectivity index (χ0) is 74.1. The summed E-state index contributed by atoms with van der Waals surface area (Å²) >= 11 is 95.0. The van der Waals surface area contributed by atoms with E-state index in [0.29, 0.717) is 171 Å². The Morgan fingerprint density at radius 2 is 0.231 bits per heavy atom. The molecule has 0 atom stereocenters. The molecule has 0 fully saturated rings. The predicted octanol–water partition coefficient (Wildman–Crippen LogP) is 26.4. The van der Waals surface area contributed by atoms with Crippen molar-refractivity contribution in [3.05, 3.63) is 320 Å². The fraction of sp³-hybridized carbons (Fsp3) is 0. The molecule has 4 heterocycles. The van der Waals surface area contributed by atoms with Crippen LogP contribution in [-0.4, -0.2) is 90.5 Å². The van der Waals surface area contributed by atoms with Gasteiger partial charge >= 0.3 is 0 Å². The van der Waals surface area contributed by atoms with E-state index < -0.39 is 0 Å². The molecular formula is C72H40Cl16Cu4N16. The summed E-state index contributed by atoms with van der Waals surface area (Å²) in [6, 6.07) is 54.6. The third-order valence-corrected chi connectivity index (χ3v) is 15.9. The van der Waals surface area contributed by atoms with Crippen molar-refractivity contribution in [2.45, 2.75) is 0 Å². The number of aliphatic imine (C=N–C) groups is 8. The largest absolute Gasteiger partial charge is 0.254 e. The third kappa shape index (κ3) is 34.0. The van der Waals surface area contributed by atoms with E-state index in [-0.39, 0.29) is 68.3 Å². The fourth-order valence-electron chi connectivity index (χ4n) is 8.00. The molecule has 0 bridgehead atoms. The van der Waals surface area contributed by atoms with Crippen LogP contribution in [0.15, 0.2) is 234 Å². The van der Waals surface area contributed by atoms with E-state index in [1.807, 2.05) is 0 Å². The molecule has 0 N–H and O–H groups in total. The van der Waals surface area contributed by atoms with Crippen molar-refractivity contribution in [1.29, 1.82) is 0 Å². The number of aromatic nitrogens is 8. The van der Waals surface area contributed by atoms with Crippen molar-refractivity contribution in [3.8, 4) is 0 Å². The van der Waals surface area contributed by atoms with Gasteiger partial charge in [-0.25, -0.2) is 0 Å². The minimum absolute atomic E-state index is 0. The minimum Gasteiger partial charge on any atom is -0.254 e. The van der Waals surface area contributed by atoms with Crippen LogP contribution in [0.4, 0.5) is 45.5 Å².